The van der Waals surface area contributed by atoms with Gasteiger partial charge in [-0.05, 0) is 18.4 Å². The van der Waals surface area contributed by atoms with Gasteiger partial charge in [0.1, 0.15) is 11.1 Å². The van der Waals surface area contributed by atoms with E-state index in [0.29, 0.717) is 23.4 Å². The van der Waals surface area contributed by atoms with Gasteiger partial charge in [-0.1, -0.05) is 42.1 Å². The van der Waals surface area contributed by atoms with Gasteiger partial charge >= 0.3 is 0 Å². The maximum absolute atomic E-state index is 12.7. The molecule has 132 valence electrons. The van der Waals surface area contributed by atoms with Crippen molar-refractivity contribution >= 4 is 23.6 Å². The lowest BCUT2D eigenvalue weighted by atomic mass is 10.1. The van der Waals surface area contributed by atoms with E-state index in [0.717, 1.165) is 18.4 Å². The van der Waals surface area contributed by atoms with Crippen LogP contribution in [0, 0.1) is 0 Å². The van der Waals surface area contributed by atoms with Gasteiger partial charge in [0, 0.05) is 25.9 Å². The first kappa shape index (κ1) is 17.5. The highest BCUT2D eigenvalue weighted by molar-refractivity contribution is 8.00. The molecule has 25 heavy (non-hydrogen) atoms. The summed E-state index contributed by atoms with van der Waals surface area (Å²) in [5.74, 6) is 0.291. The van der Waals surface area contributed by atoms with Gasteiger partial charge in [0.25, 0.3) is 0 Å². The summed E-state index contributed by atoms with van der Waals surface area (Å²) in [6.45, 7) is 0. The summed E-state index contributed by atoms with van der Waals surface area (Å²) in [5.41, 5.74) is 6.11. The van der Waals surface area contributed by atoms with Crippen LogP contribution in [0.5, 0.6) is 0 Å². The number of nitrogens with one attached hydrogen (secondary N) is 1. The smallest absolute Gasteiger partial charge is 0.238 e. The van der Waals surface area contributed by atoms with E-state index in [4.69, 9.17) is 5.73 Å². The molecule has 1 atom stereocenters. The van der Waals surface area contributed by atoms with Crippen molar-refractivity contribution < 1.29 is 9.59 Å². The molecule has 3 rings (SSSR count). The Morgan fingerprint density at radius 1 is 1.32 bits per heavy atom. The summed E-state index contributed by atoms with van der Waals surface area (Å²) >= 11 is 1.36. The first-order valence-corrected chi connectivity index (χ1v) is 9.11. The molecule has 1 aromatic heterocycles. The van der Waals surface area contributed by atoms with Gasteiger partial charge in [0.15, 0.2) is 5.16 Å². The monoisotopic (exact) mass is 359 g/mol. The molecule has 2 amide bonds. The number of benzene rings is 1. The molecular weight excluding hydrogens is 338 g/mol. The third-order valence-corrected chi connectivity index (χ3v) is 5.30. The van der Waals surface area contributed by atoms with Gasteiger partial charge in [-0.3, -0.25) is 9.59 Å². The molecule has 1 fully saturated rings. The molecule has 3 N–H and O–H groups in total. The van der Waals surface area contributed by atoms with Crippen LogP contribution in [-0.2, 0) is 23.1 Å². The van der Waals surface area contributed by atoms with E-state index in [-0.39, 0.29) is 18.2 Å². The van der Waals surface area contributed by atoms with Crippen LogP contribution in [0.2, 0.25) is 0 Å². The molecule has 0 aliphatic heterocycles. The summed E-state index contributed by atoms with van der Waals surface area (Å²) in [5, 5.41) is 11.6. The molecule has 1 aliphatic rings. The molecular formula is C17H21N5O2S. The number of hydrogen-bond acceptors (Lipinski definition) is 5. The summed E-state index contributed by atoms with van der Waals surface area (Å²) in [6.07, 6.45) is 2.74. The van der Waals surface area contributed by atoms with Crippen molar-refractivity contribution in [3.05, 3.63) is 41.7 Å². The second-order valence-corrected chi connectivity index (χ2v) is 7.19. The fraction of sp³-hybridized carbons (Fsp3) is 0.412. The van der Waals surface area contributed by atoms with Crippen molar-refractivity contribution in [3.8, 4) is 0 Å². The van der Waals surface area contributed by atoms with Crippen molar-refractivity contribution in [2.75, 3.05) is 0 Å². The summed E-state index contributed by atoms with van der Waals surface area (Å²) < 4.78 is 1.81. The van der Waals surface area contributed by atoms with Crippen molar-refractivity contribution in [2.45, 2.75) is 42.1 Å². The number of hydrogen-bond donors (Lipinski definition) is 2. The molecule has 0 radical (unpaired) electrons. The van der Waals surface area contributed by atoms with Crippen LogP contribution in [0.3, 0.4) is 0 Å². The Labute approximate surface area is 150 Å². The number of carbonyl (C=O) groups is 2. The van der Waals surface area contributed by atoms with Gasteiger partial charge in [-0.25, -0.2) is 0 Å². The highest BCUT2D eigenvalue weighted by atomic mass is 32.2. The number of aromatic nitrogens is 3. The van der Waals surface area contributed by atoms with Crippen LogP contribution in [0.25, 0.3) is 0 Å². The lowest BCUT2D eigenvalue weighted by Crippen LogP contribution is -2.29. The van der Waals surface area contributed by atoms with E-state index in [2.05, 4.69) is 15.5 Å². The Balaban J connectivity index is 1.78. The zero-order valence-electron chi connectivity index (χ0n) is 14.0. The van der Waals surface area contributed by atoms with Gasteiger partial charge in [0.2, 0.25) is 11.8 Å². The quantitative estimate of drug-likeness (QED) is 0.693. The molecule has 0 saturated heterocycles. The molecule has 2 aromatic rings. The highest BCUT2D eigenvalue weighted by Gasteiger charge is 2.30. The molecule has 0 spiro atoms. The highest BCUT2D eigenvalue weighted by Crippen LogP contribution is 2.35. The van der Waals surface area contributed by atoms with Crippen LogP contribution < -0.4 is 11.1 Å². The second kappa shape index (κ2) is 7.69. The number of aryl methyl sites for hydroxylation is 1. The number of amides is 2. The normalized spacial score (nSPS) is 14.9. The van der Waals surface area contributed by atoms with Crippen molar-refractivity contribution in [2.24, 2.45) is 12.8 Å². The lowest BCUT2D eigenvalue weighted by molar-refractivity contribution is -0.121. The standard InChI is InChI=1S/C17H21N5O2S/c1-22-14(10-9-13(18)23)20-21-17(22)25-15(11-5-3-2-4-6-11)16(24)19-12-7-8-12/h2-6,12,15H,7-10H2,1H3,(H2,18,23)(H,19,24)/t15-/m0/s1. The molecule has 7 nitrogen and oxygen atoms in total. The second-order valence-electron chi connectivity index (χ2n) is 6.12. The molecule has 8 heteroatoms. The third kappa shape index (κ3) is 4.60. The van der Waals surface area contributed by atoms with Crippen LogP contribution in [0.1, 0.15) is 35.9 Å². The van der Waals surface area contributed by atoms with Crippen molar-refractivity contribution in [3.63, 3.8) is 0 Å². The molecule has 0 bridgehead atoms. The predicted molar refractivity (Wildman–Crippen MR) is 94.7 cm³/mol. The number of nitrogens with two attached hydrogens (primary N) is 1. The molecule has 0 unspecified atom stereocenters. The average molecular weight is 359 g/mol. The predicted octanol–water partition coefficient (Wildman–Crippen LogP) is 1.34. The fourth-order valence-electron chi connectivity index (χ4n) is 2.41. The van der Waals surface area contributed by atoms with E-state index in [1.165, 1.54) is 11.8 Å². The minimum absolute atomic E-state index is 0.0135. The lowest BCUT2D eigenvalue weighted by Gasteiger charge is -2.16. The number of thioether (sulfide) groups is 1. The van der Waals surface area contributed by atoms with Gasteiger partial charge < -0.3 is 15.6 Å². The minimum Gasteiger partial charge on any atom is -0.370 e. The Hall–Kier alpha value is -2.35. The Kier molecular flexibility index (Phi) is 5.37. The molecule has 1 aromatic carbocycles. The molecule has 1 aliphatic carbocycles. The van der Waals surface area contributed by atoms with Crippen LogP contribution in [0.15, 0.2) is 35.5 Å². The number of nitrogens with zero attached hydrogens (tertiary/aromatic N) is 3. The Bertz CT molecular complexity index is 758. The van der Waals surface area contributed by atoms with Crippen molar-refractivity contribution in [1.82, 2.24) is 20.1 Å². The van der Waals surface area contributed by atoms with E-state index in [1.807, 2.05) is 41.9 Å². The first-order valence-electron chi connectivity index (χ1n) is 8.23. The molecule has 1 heterocycles. The first-order chi connectivity index (χ1) is 12.0. The van der Waals surface area contributed by atoms with E-state index in [9.17, 15) is 9.59 Å². The summed E-state index contributed by atoms with van der Waals surface area (Å²) in [4.78, 5) is 23.6. The number of primary amides is 1. The molecule has 1 saturated carbocycles. The largest absolute Gasteiger partial charge is 0.370 e. The van der Waals surface area contributed by atoms with Crippen LogP contribution in [0.4, 0.5) is 0 Å². The number of carbonyl (C=O) groups excluding carboxylic acids is 2. The maximum Gasteiger partial charge on any atom is 0.238 e. The van der Waals surface area contributed by atoms with Gasteiger partial charge in [-0.15, -0.1) is 10.2 Å². The van der Waals surface area contributed by atoms with Gasteiger partial charge in [-0.2, -0.15) is 0 Å². The Morgan fingerprint density at radius 3 is 2.68 bits per heavy atom. The summed E-state index contributed by atoms with van der Waals surface area (Å²) in [6, 6.07) is 9.94. The third-order valence-electron chi connectivity index (χ3n) is 4.01. The minimum atomic E-state index is -0.395. The fourth-order valence-corrected chi connectivity index (χ4v) is 3.44. The van der Waals surface area contributed by atoms with E-state index in [1.54, 1.807) is 0 Å². The maximum atomic E-state index is 12.7. The average Bonchev–Trinajstić information content (AvgIpc) is 3.34. The Morgan fingerprint density at radius 2 is 2.04 bits per heavy atom. The SMILES string of the molecule is Cn1c(CCC(N)=O)nnc1S[C@H](C(=O)NC1CC1)c1ccccc1. The zero-order valence-corrected chi connectivity index (χ0v) is 14.8. The zero-order chi connectivity index (χ0) is 17.8. The van der Waals surface area contributed by atoms with Crippen molar-refractivity contribution in [1.29, 1.82) is 0 Å². The van der Waals surface area contributed by atoms with E-state index >= 15 is 0 Å². The van der Waals surface area contributed by atoms with Gasteiger partial charge in [0.05, 0.1) is 0 Å². The summed E-state index contributed by atoms with van der Waals surface area (Å²) in [7, 11) is 1.83. The van der Waals surface area contributed by atoms with Crippen LogP contribution >= 0.6 is 11.8 Å². The topological polar surface area (TPSA) is 103 Å². The van der Waals surface area contributed by atoms with Crippen LogP contribution in [-0.4, -0.2) is 32.6 Å². The number of rotatable bonds is 8. The van der Waals surface area contributed by atoms with E-state index < -0.39 is 5.25 Å².